The SMILES string of the molecule is N#CCC(=O)N=C1S[C@@H]2CS(=O)(=O)C[C@@H]2N1c1ccc2c(c1)OCO2. The molecule has 0 aliphatic carbocycles. The van der Waals surface area contributed by atoms with Crippen LogP contribution in [0.15, 0.2) is 23.2 Å². The van der Waals surface area contributed by atoms with E-state index in [0.29, 0.717) is 22.4 Å². The molecule has 1 amide bonds. The maximum Gasteiger partial charge on any atom is 0.262 e. The van der Waals surface area contributed by atoms with E-state index >= 15 is 0 Å². The van der Waals surface area contributed by atoms with Crippen molar-refractivity contribution >= 4 is 38.4 Å². The topological polar surface area (TPSA) is 109 Å². The molecule has 0 saturated carbocycles. The Morgan fingerprint density at radius 3 is 2.96 bits per heavy atom. The van der Waals surface area contributed by atoms with Gasteiger partial charge in [-0.15, -0.1) is 0 Å². The molecule has 10 heteroatoms. The fourth-order valence-electron chi connectivity index (χ4n) is 3.12. The van der Waals surface area contributed by atoms with Crippen molar-refractivity contribution in [2.24, 2.45) is 4.99 Å². The predicted molar refractivity (Wildman–Crippen MR) is 91.5 cm³/mol. The molecule has 130 valence electrons. The van der Waals surface area contributed by atoms with Crippen molar-refractivity contribution in [2.75, 3.05) is 23.2 Å². The van der Waals surface area contributed by atoms with E-state index in [-0.39, 0.29) is 36.0 Å². The third-order valence-corrected chi connectivity index (χ3v) is 7.36. The molecule has 0 unspecified atom stereocenters. The van der Waals surface area contributed by atoms with Gasteiger partial charge in [0.2, 0.25) is 6.79 Å². The van der Waals surface area contributed by atoms with Crippen LogP contribution in [0.1, 0.15) is 6.42 Å². The second-order valence-electron chi connectivity index (χ2n) is 5.83. The predicted octanol–water partition coefficient (Wildman–Crippen LogP) is 0.930. The molecule has 1 aromatic rings. The summed E-state index contributed by atoms with van der Waals surface area (Å²) in [5.74, 6) is 0.692. The Labute approximate surface area is 148 Å². The molecule has 25 heavy (non-hydrogen) atoms. The molecule has 2 saturated heterocycles. The van der Waals surface area contributed by atoms with Crippen LogP contribution in [0, 0.1) is 11.3 Å². The molecule has 2 atom stereocenters. The van der Waals surface area contributed by atoms with Gasteiger partial charge < -0.3 is 14.4 Å². The van der Waals surface area contributed by atoms with Crippen LogP contribution in [0.2, 0.25) is 0 Å². The van der Waals surface area contributed by atoms with Crippen molar-refractivity contribution in [3.63, 3.8) is 0 Å². The lowest BCUT2D eigenvalue weighted by atomic mass is 10.2. The number of hydrogen-bond acceptors (Lipinski definition) is 7. The van der Waals surface area contributed by atoms with Gasteiger partial charge in [-0.25, -0.2) is 8.42 Å². The first-order chi connectivity index (χ1) is 12.0. The van der Waals surface area contributed by atoms with Gasteiger partial charge in [0.05, 0.1) is 23.6 Å². The minimum absolute atomic E-state index is 0.00453. The number of benzene rings is 1. The molecular weight excluding hydrogens is 366 g/mol. The summed E-state index contributed by atoms with van der Waals surface area (Å²) in [7, 11) is -3.13. The second kappa shape index (κ2) is 5.93. The minimum atomic E-state index is -3.13. The molecular formula is C15H13N3O5S2. The highest BCUT2D eigenvalue weighted by Crippen LogP contribution is 2.43. The van der Waals surface area contributed by atoms with Crippen molar-refractivity contribution < 1.29 is 22.7 Å². The van der Waals surface area contributed by atoms with Crippen LogP contribution in [0.25, 0.3) is 0 Å². The molecule has 0 radical (unpaired) electrons. The molecule has 0 N–H and O–H groups in total. The first kappa shape index (κ1) is 16.2. The molecule has 1 aromatic carbocycles. The van der Waals surface area contributed by atoms with Crippen molar-refractivity contribution in [3.05, 3.63) is 18.2 Å². The van der Waals surface area contributed by atoms with Gasteiger partial charge in [-0.05, 0) is 12.1 Å². The lowest BCUT2D eigenvalue weighted by Gasteiger charge is -2.24. The lowest BCUT2D eigenvalue weighted by Crippen LogP contribution is -2.37. The standard InChI is InChI=1S/C15H13N3O5S2/c16-4-3-14(19)17-15-18(10-6-25(20,21)7-13(10)24-15)9-1-2-11-12(5-9)23-8-22-11/h1-2,5,10,13H,3,6-8H2/t10-,13+/m0/s1. The molecule has 0 spiro atoms. The molecule has 0 aromatic heterocycles. The van der Waals surface area contributed by atoms with E-state index in [2.05, 4.69) is 4.99 Å². The number of amidine groups is 1. The fraction of sp³-hybridized carbons (Fsp3) is 0.400. The summed E-state index contributed by atoms with van der Waals surface area (Å²) in [6.45, 7) is 0.134. The normalized spacial score (nSPS) is 27.3. The monoisotopic (exact) mass is 379 g/mol. The summed E-state index contributed by atoms with van der Waals surface area (Å²) in [5.41, 5.74) is 0.685. The Morgan fingerprint density at radius 2 is 2.16 bits per heavy atom. The molecule has 3 aliphatic rings. The molecule has 8 nitrogen and oxygen atoms in total. The average Bonchev–Trinajstić information content (AvgIpc) is 3.18. The summed E-state index contributed by atoms with van der Waals surface area (Å²) in [5, 5.41) is 8.89. The van der Waals surface area contributed by atoms with Gasteiger partial charge in [-0.1, -0.05) is 11.8 Å². The smallest absolute Gasteiger partial charge is 0.262 e. The van der Waals surface area contributed by atoms with Gasteiger partial charge in [0.1, 0.15) is 6.42 Å². The highest BCUT2D eigenvalue weighted by Gasteiger charge is 2.49. The number of sulfone groups is 1. The van der Waals surface area contributed by atoms with Crippen LogP contribution < -0.4 is 14.4 Å². The molecule has 3 aliphatic heterocycles. The van der Waals surface area contributed by atoms with E-state index in [9.17, 15) is 13.2 Å². The van der Waals surface area contributed by atoms with E-state index in [0.717, 1.165) is 0 Å². The van der Waals surface area contributed by atoms with E-state index in [1.807, 2.05) is 0 Å². The average molecular weight is 379 g/mol. The summed E-state index contributed by atoms with van der Waals surface area (Å²) >= 11 is 1.27. The van der Waals surface area contributed by atoms with Crippen molar-refractivity contribution in [3.8, 4) is 17.6 Å². The number of thioether (sulfide) groups is 1. The van der Waals surface area contributed by atoms with Crippen molar-refractivity contribution in [1.82, 2.24) is 0 Å². The van der Waals surface area contributed by atoms with Gasteiger partial charge in [0, 0.05) is 17.0 Å². The summed E-state index contributed by atoms with van der Waals surface area (Å²) in [6, 6.07) is 6.75. The van der Waals surface area contributed by atoms with E-state index in [1.54, 1.807) is 29.2 Å². The Balaban J connectivity index is 1.74. The number of carbonyl (C=O) groups is 1. The molecule has 0 bridgehead atoms. The third kappa shape index (κ3) is 2.94. The number of nitrogens with zero attached hydrogens (tertiary/aromatic N) is 3. The summed E-state index contributed by atoms with van der Waals surface area (Å²) in [4.78, 5) is 17.6. The number of nitriles is 1. The zero-order valence-electron chi connectivity index (χ0n) is 12.9. The van der Waals surface area contributed by atoms with Crippen LogP contribution in [0.4, 0.5) is 5.69 Å². The quantitative estimate of drug-likeness (QED) is 0.746. The van der Waals surface area contributed by atoms with Crippen LogP contribution >= 0.6 is 11.8 Å². The number of aliphatic imine (C=N–C) groups is 1. The largest absolute Gasteiger partial charge is 0.454 e. The number of amides is 1. The number of carbonyl (C=O) groups excluding carboxylic acids is 1. The zero-order chi connectivity index (χ0) is 17.6. The van der Waals surface area contributed by atoms with Crippen molar-refractivity contribution in [2.45, 2.75) is 17.7 Å². The van der Waals surface area contributed by atoms with E-state index in [4.69, 9.17) is 14.7 Å². The molecule has 4 rings (SSSR count). The fourth-order valence-corrected chi connectivity index (χ4v) is 7.05. The van der Waals surface area contributed by atoms with E-state index in [1.165, 1.54) is 11.8 Å². The van der Waals surface area contributed by atoms with Gasteiger partial charge in [0.15, 0.2) is 26.5 Å². The van der Waals surface area contributed by atoms with E-state index < -0.39 is 15.7 Å². The Bertz CT molecular complexity index is 922. The van der Waals surface area contributed by atoms with Gasteiger partial charge in [0.25, 0.3) is 5.91 Å². The second-order valence-corrected chi connectivity index (χ2v) is 9.19. The van der Waals surface area contributed by atoms with Crippen molar-refractivity contribution in [1.29, 1.82) is 5.26 Å². The maximum atomic E-state index is 12.0. The number of fused-ring (bicyclic) bond motifs is 2. The van der Waals surface area contributed by atoms with Gasteiger partial charge in [-0.3, -0.25) is 4.79 Å². The molecule has 2 fully saturated rings. The van der Waals surface area contributed by atoms with Crippen LogP contribution in [0.3, 0.4) is 0 Å². The van der Waals surface area contributed by atoms with Gasteiger partial charge in [-0.2, -0.15) is 10.3 Å². The summed E-state index contributed by atoms with van der Waals surface area (Å²) in [6.07, 6.45) is -0.313. The maximum absolute atomic E-state index is 12.0. The first-order valence-corrected chi connectivity index (χ1v) is 10.2. The number of ether oxygens (including phenoxy) is 2. The minimum Gasteiger partial charge on any atom is -0.454 e. The number of anilines is 1. The van der Waals surface area contributed by atoms with Crippen LogP contribution in [-0.2, 0) is 14.6 Å². The third-order valence-electron chi connectivity index (χ3n) is 4.15. The Hall–Kier alpha value is -2.25. The number of rotatable bonds is 2. The zero-order valence-corrected chi connectivity index (χ0v) is 14.5. The van der Waals surface area contributed by atoms with Crippen LogP contribution in [-0.4, -0.2) is 49.1 Å². The van der Waals surface area contributed by atoms with Gasteiger partial charge >= 0.3 is 0 Å². The highest BCUT2D eigenvalue weighted by molar-refractivity contribution is 8.16. The molecule has 3 heterocycles. The Morgan fingerprint density at radius 1 is 1.36 bits per heavy atom. The summed E-state index contributed by atoms with van der Waals surface area (Å²) < 4.78 is 34.7. The Kier molecular flexibility index (Phi) is 3.85. The number of hydrogen-bond donors (Lipinski definition) is 0. The lowest BCUT2D eigenvalue weighted by molar-refractivity contribution is -0.116. The van der Waals surface area contributed by atoms with Crippen LogP contribution in [0.5, 0.6) is 11.5 Å². The first-order valence-electron chi connectivity index (χ1n) is 7.51. The highest BCUT2D eigenvalue weighted by atomic mass is 32.2.